The molecule has 1 fully saturated rings. The van der Waals surface area contributed by atoms with Crippen molar-refractivity contribution in [3.8, 4) is 0 Å². The Balaban J connectivity index is 1.61. The van der Waals surface area contributed by atoms with Gasteiger partial charge in [0.25, 0.3) is 17.5 Å². The Labute approximate surface area is 166 Å². The second-order valence-corrected chi connectivity index (χ2v) is 6.70. The number of nitrogens with one attached hydrogen (secondary N) is 2. The molecule has 1 aliphatic heterocycles. The first-order chi connectivity index (χ1) is 13.4. The zero-order valence-corrected chi connectivity index (χ0v) is 15.7. The Morgan fingerprint density at radius 3 is 2.36 bits per heavy atom. The minimum atomic E-state index is -0.537. The maximum atomic E-state index is 12.5. The molecule has 0 spiro atoms. The highest BCUT2D eigenvalue weighted by Gasteiger charge is 2.19. The van der Waals surface area contributed by atoms with Crippen molar-refractivity contribution in [1.82, 2.24) is 10.2 Å². The van der Waals surface area contributed by atoms with Crippen molar-refractivity contribution in [1.29, 1.82) is 0 Å². The summed E-state index contributed by atoms with van der Waals surface area (Å²) in [6.07, 6.45) is 2.03. The topological polar surface area (TPSA) is 105 Å². The van der Waals surface area contributed by atoms with Crippen molar-refractivity contribution in [2.24, 2.45) is 0 Å². The van der Waals surface area contributed by atoms with Gasteiger partial charge < -0.3 is 10.2 Å². The number of anilines is 1. The molecule has 144 valence electrons. The van der Waals surface area contributed by atoms with E-state index in [4.69, 9.17) is 12.2 Å². The van der Waals surface area contributed by atoms with Crippen molar-refractivity contribution >= 4 is 40.5 Å². The van der Waals surface area contributed by atoms with Crippen LogP contribution in [0, 0.1) is 10.1 Å². The zero-order chi connectivity index (χ0) is 20.1. The first-order valence-corrected chi connectivity index (χ1v) is 9.11. The number of carbonyl (C=O) groups excluding carboxylic acids is 2. The van der Waals surface area contributed by atoms with E-state index in [2.05, 4.69) is 10.6 Å². The molecule has 1 heterocycles. The SMILES string of the molecule is O=C(NC(=S)Nc1cccc(C(=O)N2CCCC2)c1)c1ccc([N+](=O)[O-])cc1. The fourth-order valence-corrected chi connectivity index (χ4v) is 3.12. The molecular formula is C19H18N4O4S. The first-order valence-electron chi connectivity index (χ1n) is 8.70. The van der Waals surface area contributed by atoms with Crippen LogP contribution < -0.4 is 10.6 Å². The number of benzene rings is 2. The predicted molar refractivity (Wildman–Crippen MR) is 108 cm³/mol. The summed E-state index contributed by atoms with van der Waals surface area (Å²) in [5.74, 6) is -0.515. The number of nitro groups is 1. The van der Waals surface area contributed by atoms with Gasteiger partial charge in [-0.15, -0.1) is 0 Å². The van der Waals surface area contributed by atoms with E-state index in [0.717, 1.165) is 25.9 Å². The number of non-ortho nitro benzene ring substituents is 1. The van der Waals surface area contributed by atoms with Gasteiger partial charge in [-0.05, 0) is 55.4 Å². The summed E-state index contributed by atoms with van der Waals surface area (Å²) in [6.45, 7) is 1.53. The van der Waals surface area contributed by atoms with Crippen LogP contribution in [0.25, 0.3) is 0 Å². The monoisotopic (exact) mass is 398 g/mol. The van der Waals surface area contributed by atoms with E-state index < -0.39 is 10.8 Å². The summed E-state index contributed by atoms with van der Waals surface area (Å²) in [5.41, 5.74) is 1.28. The van der Waals surface area contributed by atoms with Crippen LogP contribution in [0.4, 0.5) is 11.4 Å². The standard InChI is InChI=1S/C19H18N4O4S/c24-17(13-6-8-16(9-7-13)23(26)27)21-19(28)20-15-5-3-4-14(12-15)18(25)22-10-1-2-11-22/h3-9,12H,1-2,10-11H2,(H2,20,21,24,28). The van der Waals surface area contributed by atoms with Crippen molar-refractivity contribution in [3.05, 3.63) is 69.8 Å². The van der Waals surface area contributed by atoms with Crippen LogP contribution >= 0.6 is 12.2 Å². The Bertz CT molecular complexity index is 924. The molecule has 9 heteroatoms. The molecule has 2 aromatic carbocycles. The highest BCUT2D eigenvalue weighted by Crippen LogP contribution is 2.16. The molecule has 2 aromatic rings. The molecule has 0 radical (unpaired) electrons. The van der Waals surface area contributed by atoms with E-state index in [1.807, 2.05) is 4.90 Å². The fourth-order valence-electron chi connectivity index (χ4n) is 2.90. The molecule has 1 saturated heterocycles. The number of carbonyl (C=O) groups is 2. The maximum Gasteiger partial charge on any atom is 0.269 e. The third kappa shape index (κ3) is 4.68. The average Bonchev–Trinajstić information content (AvgIpc) is 3.22. The van der Waals surface area contributed by atoms with Gasteiger partial charge in [-0.3, -0.25) is 25.0 Å². The predicted octanol–water partition coefficient (Wildman–Crippen LogP) is 2.96. The van der Waals surface area contributed by atoms with E-state index in [9.17, 15) is 19.7 Å². The third-order valence-corrected chi connectivity index (χ3v) is 4.53. The van der Waals surface area contributed by atoms with E-state index in [-0.39, 0.29) is 22.3 Å². The van der Waals surface area contributed by atoms with Crippen LogP contribution in [-0.4, -0.2) is 39.8 Å². The minimum absolute atomic E-state index is 0.0259. The first kappa shape index (κ1) is 19.4. The number of hydrogen-bond donors (Lipinski definition) is 2. The summed E-state index contributed by atoms with van der Waals surface area (Å²) in [6, 6.07) is 12.1. The summed E-state index contributed by atoms with van der Waals surface area (Å²) in [4.78, 5) is 36.6. The van der Waals surface area contributed by atoms with Crippen LogP contribution in [0.2, 0.25) is 0 Å². The molecule has 0 aromatic heterocycles. The van der Waals surface area contributed by atoms with E-state index in [1.165, 1.54) is 24.3 Å². The quantitative estimate of drug-likeness (QED) is 0.466. The Morgan fingerprint density at radius 2 is 1.71 bits per heavy atom. The van der Waals surface area contributed by atoms with Gasteiger partial charge in [0.2, 0.25) is 0 Å². The smallest absolute Gasteiger partial charge is 0.269 e. The molecule has 0 bridgehead atoms. The van der Waals surface area contributed by atoms with Gasteiger partial charge in [-0.1, -0.05) is 6.07 Å². The number of hydrogen-bond acceptors (Lipinski definition) is 5. The number of thiocarbonyl (C=S) groups is 1. The molecule has 0 saturated carbocycles. The van der Waals surface area contributed by atoms with Crippen LogP contribution in [0.15, 0.2) is 48.5 Å². The maximum absolute atomic E-state index is 12.5. The van der Waals surface area contributed by atoms with Crippen molar-refractivity contribution in [2.45, 2.75) is 12.8 Å². The number of nitrogens with zero attached hydrogens (tertiary/aromatic N) is 2. The van der Waals surface area contributed by atoms with Gasteiger partial charge in [0.05, 0.1) is 4.92 Å². The molecular weight excluding hydrogens is 380 g/mol. The lowest BCUT2D eigenvalue weighted by Gasteiger charge is -2.16. The minimum Gasteiger partial charge on any atom is -0.339 e. The molecule has 0 unspecified atom stereocenters. The summed E-state index contributed by atoms with van der Waals surface area (Å²) < 4.78 is 0. The Hall–Kier alpha value is -3.33. The average molecular weight is 398 g/mol. The van der Waals surface area contributed by atoms with Gasteiger partial charge in [0, 0.05) is 42.0 Å². The molecule has 8 nitrogen and oxygen atoms in total. The lowest BCUT2D eigenvalue weighted by molar-refractivity contribution is -0.384. The molecule has 3 rings (SSSR count). The number of nitro benzene ring substituents is 1. The highest BCUT2D eigenvalue weighted by atomic mass is 32.1. The number of likely N-dealkylation sites (tertiary alicyclic amines) is 1. The number of amides is 2. The van der Waals surface area contributed by atoms with Gasteiger partial charge >= 0.3 is 0 Å². The van der Waals surface area contributed by atoms with Gasteiger partial charge in [0.15, 0.2) is 5.11 Å². The van der Waals surface area contributed by atoms with E-state index in [1.54, 1.807) is 24.3 Å². The van der Waals surface area contributed by atoms with Crippen LogP contribution in [0.1, 0.15) is 33.6 Å². The molecule has 28 heavy (non-hydrogen) atoms. The number of rotatable bonds is 4. The largest absolute Gasteiger partial charge is 0.339 e. The van der Waals surface area contributed by atoms with E-state index in [0.29, 0.717) is 11.3 Å². The molecule has 2 N–H and O–H groups in total. The second-order valence-electron chi connectivity index (χ2n) is 6.29. The lowest BCUT2D eigenvalue weighted by atomic mass is 10.1. The zero-order valence-electron chi connectivity index (χ0n) is 14.9. The van der Waals surface area contributed by atoms with Crippen LogP contribution in [0.3, 0.4) is 0 Å². The van der Waals surface area contributed by atoms with Crippen molar-refractivity contribution in [2.75, 3.05) is 18.4 Å². The third-order valence-electron chi connectivity index (χ3n) is 4.33. The molecule has 0 atom stereocenters. The van der Waals surface area contributed by atoms with Gasteiger partial charge in [-0.25, -0.2) is 0 Å². The second kappa shape index (κ2) is 8.57. The fraction of sp³-hybridized carbons (Fsp3) is 0.211. The molecule has 2 amide bonds. The van der Waals surface area contributed by atoms with Crippen molar-refractivity contribution < 1.29 is 14.5 Å². The summed E-state index contributed by atoms with van der Waals surface area (Å²) >= 11 is 5.15. The molecule has 1 aliphatic rings. The van der Waals surface area contributed by atoms with Crippen molar-refractivity contribution in [3.63, 3.8) is 0 Å². The Morgan fingerprint density at radius 1 is 1.04 bits per heavy atom. The van der Waals surface area contributed by atoms with Gasteiger partial charge in [0.1, 0.15) is 0 Å². The summed E-state index contributed by atoms with van der Waals surface area (Å²) in [7, 11) is 0. The summed E-state index contributed by atoms with van der Waals surface area (Å²) in [5, 5.41) is 16.1. The van der Waals surface area contributed by atoms with Crippen LogP contribution in [0.5, 0.6) is 0 Å². The van der Waals surface area contributed by atoms with Crippen LogP contribution in [-0.2, 0) is 0 Å². The Kier molecular flexibility index (Phi) is 5.95. The van der Waals surface area contributed by atoms with Gasteiger partial charge in [-0.2, -0.15) is 0 Å². The molecule has 0 aliphatic carbocycles. The van der Waals surface area contributed by atoms with E-state index >= 15 is 0 Å². The lowest BCUT2D eigenvalue weighted by Crippen LogP contribution is -2.34. The normalized spacial score (nSPS) is 13.1. The highest BCUT2D eigenvalue weighted by molar-refractivity contribution is 7.80.